The van der Waals surface area contributed by atoms with E-state index in [1.54, 1.807) is 0 Å². The zero-order valence-electron chi connectivity index (χ0n) is 6.92. The maximum atomic E-state index is 10.4. The number of nitrogens with zero attached hydrogens (tertiary/aromatic N) is 1. The molecule has 0 unspecified atom stereocenters. The second kappa shape index (κ2) is 6.12. The highest BCUT2D eigenvalue weighted by Crippen LogP contribution is 1.88. The maximum Gasteiger partial charge on any atom is 0.231 e. The van der Waals surface area contributed by atoms with Crippen molar-refractivity contribution in [2.24, 2.45) is 5.73 Å². The summed E-state index contributed by atoms with van der Waals surface area (Å²) in [5, 5.41) is 8.50. The summed E-state index contributed by atoms with van der Waals surface area (Å²) in [6.07, 6.45) is 0.696. The molecule has 4 nitrogen and oxygen atoms in total. The van der Waals surface area contributed by atoms with Crippen molar-refractivity contribution < 1.29 is 9.90 Å². The maximum absolute atomic E-state index is 10.4. The average molecular weight is 160 g/mol. The van der Waals surface area contributed by atoms with E-state index < -0.39 is 0 Å². The van der Waals surface area contributed by atoms with Crippen LogP contribution in [0.1, 0.15) is 13.3 Å². The van der Waals surface area contributed by atoms with Crippen LogP contribution >= 0.6 is 0 Å². The van der Waals surface area contributed by atoms with Gasteiger partial charge in [-0.2, -0.15) is 0 Å². The summed E-state index contributed by atoms with van der Waals surface area (Å²) in [7, 11) is 0. The number of nitrogens with two attached hydrogens (primary N) is 1. The zero-order chi connectivity index (χ0) is 8.69. The Bertz CT molecular complexity index is 117. The fourth-order valence-electron chi connectivity index (χ4n) is 0.864. The van der Waals surface area contributed by atoms with Gasteiger partial charge in [0.1, 0.15) is 0 Å². The monoisotopic (exact) mass is 160 g/mol. The normalized spacial score (nSPS) is 10.5. The topological polar surface area (TPSA) is 66.6 Å². The Hall–Kier alpha value is -0.610. The van der Waals surface area contributed by atoms with Crippen LogP contribution in [0.25, 0.3) is 0 Å². The number of likely N-dealkylation sites (N-methyl/N-ethyl adjacent to an activating group) is 1. The number of hydrogen-bond acceptors (Lipinski definition) is 3. The van der Waals surface area contributed by atoms with E-state index in [1.165, 1.54) is 0 Å². The van der Waals surface area contributed by atoms with E-state index in [0.717, 1.165) is 13.1 Å². The molecule has 0 fully saturated rings. The van der Waals surface area contributed by atoms with Crippen molar-refractivity contribution in [1.29, 1.82) is 0 Å². The van der Waals surface area contributed by atoms with Gasteiger partial charge in [-0.3, -0.25) is 9.69 Å². The van der Waals surface area contributed by atoms with E-state index in [4.69, 9.17) is 10.8 Å². The van der Waals surface area contributed by atoms with Gasteiger partial charge in [-0.15, -0.1) is 0 Å². The van der Waals surface area contributed by atoms with Crippen LogP contribution in [0.5, 0.6) is 0 Å². The Morgan fingerprint density at radius 3 is 2.64 bits per heavy atom. The van der Waals surface area contributed by atoms with Gasteiger partial charge in [-0.25, -0.2) is 0 Å². The summed E-state index contributed by atoms with van der Waals surface area (Å²) >= 11 is 0. The summed E-state index contributed by atoms with van der Waals surface area (Å²) in [5.41, 5.74) is 5.00. The molecule has 0 atom stereocenters. The molecule has 1 amide bonds. The van der Waals surface area contributed by atoms with Gasteiger partial charge >= 0.3 is 0 Å². The Morgan fingerprint density at radius 1 is 1.64 bits per heavy atom. The predicted octanol–water partition coefficient (Wildman–Crippen LogP) is -0.824. The van der Waals surface area contributed by atoms with Gasteiger partial charge in [0.15, 0.2) is 0 Å². The first-order valence-corrected chi connectivity index (χ1v) is 3.82. The van der Waals surface area contributed by atoms with Crippen molar-refractivity contribution in [1.82, 2.24) is 4.90 Å². The molecule has 0 saturated carbocycles. The third-order valence-electron chi connectivity index (χ3n) is 1.46. The van der Waals surface area contributed by atoms with Gasteiger partial charge in [-0.05, 0) is 13.0 Å². The van der Waals surface area contributed by atoms with E-state index in [1.807, 2.05) is 11.8 Å². The van der Waals surface area contributed by atoms with Gasteiger partial charge in [-0.1, -0.05) is 6.92 Å². The molecule has 0 rings (SSSR count). The molecule has 4 heteroatoms. The first kappa shape index (κ1) is 10.4. The smallest absolute Gasteiger partial charge is 0.231 e. The Kier molecular flexibility index (Phi) is 5.78. The predicted molar refractivity (Wildman–Crippen MR) is 43.0 cm³/mol. The lowest BCUT2D eigenvalue weighted by atomic mass is 10.4. The van der Waals surface area contributed by atoms with Crippen LogP contribution in [0.3, 0.4) is 0 Å². The Labute approximate surface area is 67.0 Å². The number of aliphatic hydroxyl groups excluding tert-OH is 1. The molecule has 0 radical (unpaired) electrons. The molecule has 0 aliphatic rings. The standard InChI is InChI=1S/C7H16N2O2/c1-2-9(4-3-5-10)6-7(8)11/h10H,2-6H2,1H3,(H2,8,11). The largest absolute Gasteiger partial charge is 0.396 e. The quantitative estimate of drug-likeness (QED) is 0.533. The van der Waals surface area contributed by atoms with Crippen LogP contribution in [-0.4, -0.2) is 42.2 Å². The van der Waals surface area contributed by atoms with E-state index in [9.17, 15) is 4.79 Å². The fourth-order valence-corrected chi connectivity index (χ4v) is 0.864. The lowest BCUT2D eigenvalue weighted by molar-refractivity contribution is -0.119. The van der Waals surface area contributed by atoms with Crippen LogP contribution in [0.4, 0.5) is 0 Å². The summed E-state index contributed by atoms with van der Waals surface area (Å²) in [5.74, 6) is -0.315. The zero-order valence-corrected chi connectivity index (χ0v) is 6.92. The van der Waals surface area contributed by atoms with Crippen molar-refractivity contribution in [2.45, 2.75) is 13.3 Å². The molecule has 0 aliphatic heterocycles. The summed E-state index contributed by atoms with van der Waals surface area (Å²) in [4.78, 5) is 12.4. The van der Waals surface area contributed by atoms with Crippen molar-refractivity contribution in [3.63, 3.8) is 0 Å². The molecule has 3 N–H and O–H groups in total. The third kappa shape index (κ3) is 5.82. The molecule has 0 heterocycles. The molecule has 11 heavy (non-hydrogen) atoms. The number of carbonyl (C=O) groups excluding carboxylic acids is 1. The second-order valence-corrected chi connectivity index (χ2v) is 2.41. The molecule has 0 aromatic carbocycles. The van der Waals surface area contributed by atoms with Crippen LogP contribution in [0.15, 0.2) is 0 Å². The third-order valence-corrected chi connectivity index (χ3v) is 1.46. The van der Waals surface area contributed by atoms with Crippen LogP contribution in [0.2, 0.25) is 0 Å². The highest BCUT2D eigenvalue weighted by atomic mass is 16.3. The molecule has 0 aliphatic carbocycles. The van der Waals surface area contributed by atoms with Crippen LogP contribution in [-0.2, 0) is 4.79 Å². The minimum absolute atomic E-state index is 0.162. The average Bonchev–Trinajstić information content (AvgIpc) is 1.97. The van der Waals surface area contributed by atoms with Crippen molar-refractivity contribution in [3.8, 4) is 0 Å². The van der Waals surface area contributed by atoms with Crippen molar-refractivity contribution >= 4 is 5.91 Å². The number of rotatable bonds is 6. The molecule has 0 spiro atoms. The molecular weight excluding hydrogens is 144 g/mol. The molecule has 0 bridgehead atoms. The van der Waals surface area contributed by atoms with Gasteiger partial charge in [0.25, 0.3) is 0 Å². The van der Waals surface area contributed by atoms with E-state index in [0.29, 0.717) is 6.42 Å². The molecule has 0 aromatic rings. The van der Waals surface area contributed by atoms with Crippen molar-refractivity contribution in [2.75, 3.05) is 26.2 Å². The minimum atomic E-state index is -0.315. The highest BCUT2D eigenvalue weighted by Gasteiger charge is 2.03. The summed E-state index contributed by atoms with van der Waals surface area (Å²) in [6.45, 7) is 3.94. The Balaban J connectivity index is 3.49. The number of amides is 1. The summed E-state index contributed by atoms with van der Waals surface area (Å²) in [6, 6.07) is 0. The second-order valence-electron chi connectivity index (χ2n) is 2.41. The van der Waals surface area contributed by atoms with Crippen molar-refractivity contribution in [3.05, 3.63) is 0 Å². The fraction of sp³-hybridized carbons (Fsp3) is 0.857. The SMILES string of the molecule is CCN(CCCO)CC(N)=O. The van der Waals surface area contributed by atoms with Crippen LogP contribution < -0.4 is 5.73 Å². The summed E-state index contributed by atoms with van der Waals surface area (Å²) < 4.78 is 0. The van der Waals surface area contributed by atoms with E-state index in [-0.39, 0.29) is 19.1 Å². The highest BCUT2D eigenvalue weighted by molar-refractivity contribution is 5.75. The van der Waals surface area contributed by atoms with Gasteiger partial charge in [0, 0.05) is 13.2 Å². The van der Waals surface area contributed by atoms with Crippen LogP contribution in [0, 0.1) is 0 Å². The number of hydrogen-bond donors (Lipinski definition) is 2. The number of primary amides is 1. The number of aliphatic hydroxyl groups is 1. The van der Waals surface area contributed by atoms with Gasteiger partial charge < -0.3 is 10.8 Å². The molecule has 0 aromatic heterocycles. The number of carbonyl (C=O) groups is 1. The van der Waals surface area contributed by atoms with E-state index in [2.05, 4.69) is 0 Å². The van der Waals surface area contributed by atoms with Gasteiger partial charge in [0.2, 0.25) is 5.91 Å². The lowest BCUT2D eigenvalue weighted by Crippen LogP contribution is -2.34. The molecular formula is C7H16N2O2. The Morgan fingerprint density at radius 2 is 2.27 bits per heavy atom. The first-order valence-electron chi connectivity index (χ1n) is 3.82. The minimum Gasteiger partial charge on any atom is -0.396 e. The first-order chi connectivity index (χ1) is 5.20. The van der Waals surface area contributed by atoms with Gasteiger partial charge in [0.05, 0.1) is 6.54 Å². The molecule has 66 valence electrons. The lowest BCUT2D eigenvalue weighted by Gasteiger charge is -2.17. The van der Waals surface area contributed by atoms with E-state index >= 15 is 0 Å². The molecule has 0 saturated heterocycles.